The third kappa shape index (κ3) is 4.82. The molecule has 0 atom stereocenters. The second-order valence-electron chi connectivity index (χ2n) is 8.17. The number of fused-ring (bicyclic) bond motifs is 1. The number of hydroxylamine groups is 1. The Morgan fingerprint density at radius 2 is 1.64 bits per heavy atom. The number of rotatable bonds is 5. The molecule has 2 N–H and O–H groups in total. The van der Waals surface area contributed by atoms with E-state index in [0.29, 0.717) is 60.3 Å². The molecule has 2 amide bonds. The molecule has 1 aromatic heterocycles. The minimum absolute atomic E-state index is 0.124. The van der Waals surface area contributed by atoms with Crippen LogP contribution in [0.5, 0.6) is 11.5 Å². The average Bonchev–Trinajstić information content (AvgIpc) is 3.40. The maximum absolute atomic E-state index is 13.7. The topological polar surface area (TPSA) is 117 Å². The first-order valence-corrected chi connectivity index (χ1v) is 11.2. The maximum atomic E-state index is 13.7. The van der Waals surface area contributed by atoms with Crippen molar-refractivity contribution in [2.75, 3.05) is 37.9 Å². The molecule has 3 heterocycles. The molecule has 0 unspecified atom stereocenters. The largest absolute Gasteiger partial charge is 0.454 e. The molecular weight excluding hydrogens is 469 g/mol. The number of carbonyl (C=O) groups is 2. The van der Waals surface area contributed by atoms with E-state index >= 15 is 0 Å². The molecule has 11 heteroatoms. The van der Waals surface area contributed by atoms with Gasteiger partial charge in [0, 0.05) is 44.1 Å². The number of carbonyl (C=O) groups excluding carboxylic acids is 2. The van der Waals surface area contributed by atoms with Gasteiger partial charge in [0.2, 0.25) is 12.7 Å². The zero-order valence-corrected chi connectivity index (χ0v) is 19.1. The number of hydrogen-bond acceptors (Lipinski definition) is 8. The first kappa shape index (κ1) is 23.2. The van der Waals surface area contributed by atoms with Crippen LogP contribution in [0.2, 0.25) is 0 Å². The predicted octanol–water partition coefficient (Wildman–Crippen LogP) is 2.35. The number of hydrogen-bond donors (Lipinski definition) is 2. The summed E-state index contributed by atoms with van der Waals surface area (Å²) in [7, 11) is 0. The van der Waals surface area contributed by atoms with Crippen LogP contribution < -0.4 is 19.9 Å². The molecule has 10 nitrogen and oxygen atoms in total. The lowest BCUT2D eigenvalue weighted by atomic mass is 10.0. The summed E-state index contributed by atoms with van der Waals surface area (Å²) in [6.07, 6.45) is 4.39. The number of nitrogens with one attached hydrogen (secondary N) is 1. The van der Waals surface area contributed by atoms with Gasteiger partial charge in [-0.15, -0.1) is 0 Å². The van der Waals surface area contributed by atoms with Crippen LogP contribution in [0.3, 0.4) is 0 Å². The van der Waals surface area contributed by atoms with E-state index in [1.165, 1.54) is 24.5 Å². The molecule has 5 rings (SSSR count). The van der Waals surface area contributed by atoms with Gasteiger partial charge >= 0.3 is 0 Å². The number of nitrogens with zero attached hydrogens (tertiary/aromatic N) is 4. The molecule has 0 saturated carbocycles. The van der Waals surface area contributed by atoms with Gasteiger partial charge in [-0.2, -0.15) is 0 Å². The number of aromatic nitrogens is 2. The molecule has 2 aliphatic heterocycles. The van der Waals surface area contributed by atoms with Crippen LogP contribution in [0.4, 0.5) is 10.3 Å². The Hall–Kier alpha value is -4.51. The van der Waals surface area contributed by atoms with Gasteiger partial charge in [0.15, 0.2) is 11.5 Å². The third-order valence-electron chi connectivity index (χ3n) is 5.95. The van der Waals surface area contributed by atoms with E-state index in [1.54, 1.807) is 46.8 Å². The van der Waals surface area contributed by atoms with Gasteiger partial charge in [0.25, 0.3) is 11.8 Å². The van der Waals surface area contributed by atoms with Crippen molar-refractivity contribution in [3.05, 3.63) is 77.4 Å². The Kier molecular flexibility index (Phi) is 6.46. The van der Waals surface area contributed by atoms with Crippen LogP contribution in [0.25, 0.3) is 11.6 Å². The van der Waals surface area contributed by atoms with Gasteiger partial charge in [-0.05, 0) is 41.5 Å². The highest BCUT2D eigenvalue weighted by atomic mass is 19.1. The average molecular weight is 491 g/mol. The van der Waals surface area contributed by atoms with Crippen LogP contribution in [-0.4, -0.2) is 64.9 Å². The van der Waals surface area contributed by atoms with Gasteiger partial charge in [-0.3, -0.25) is 14.8 Å². The molecule has 1 saturated heterocycles. The quantitative estimate of drug-likeness (QED) is 0.242. The fourth-order valence-corrected chi connectivity index (χ4v) is 4.00. The van der Waals surface area contributed by atoms with Crippen molar-refractivity contribution < 1.29 is 28.7 Å². The highest BCUT2D eigenvalue weighted by Crippen LogP contribution is 2.35. The molecule has 36 heavy (non-hydrogen) atoms. The summed E-state index contributed by atoms with van der Waals surface area (Å²) in [6, 6.07) is 11.3. The Morgan fingerprint density at radius 1 is 0.944 bits per heavy atom. The zero-order valence-electron chi connectivity index (χ0n) is 19.1. The van der Waals surface area contributed by atoms with Gasteiger partial charge < -0.3 is 19.3 Å². The van der Waals surface area contributed by atoms with Gasteiger partial charge in [-0.25, -0.2) is 19.8 Å². The molecule has 1 fully saturated rings. The highest BCUT2D eigenvalue weighted by molar-refractivity contribution is 6.24. The highest BCUT2D eigenvalue weighted by Gasteiger charge is 2.27. The summed E-state index contributed by atoms with van der Waals surface area (Å²) >= 11 is 0. The van der Waals surface area contributed by atoms with Crippen LogP contribution >= 0.6 is 0 Å². The van der Waals surface area contributed by atoms with Crippen molar-refractivity contribution in [3.63, 3.8) is 0 Å². The number of ether oxygens (including phenoxy) is 2. The lowest BCUT2D eigenvalue weighted by Crippen LogP contribution is -2.49. The number of piperazine rings is 1. The van der Waals surface area contributed by atoms with Gasteiger partial charge in [0.05, 0.1) is 5.56 Å². The van der Waals surface area contributed by atoms with Crippen molar-refractivity contribution in [1.82, 2.24) is 20.3 Å². The van der Waals surface area contributed by atoms with E-state index in [1.807, 2.05) is 4.90 Å². The molecule has 0 spiro atoms. The van der Waals surface area contributed by atoms with Crippen molar-refractivity contribution in [1.29, 1.82) is 0 Å². The SMILES string of the molecule is O=C(NO)c1cnc(N2CCN(C(=O)C(=Cc3ccc(F)cc3)c3ccc4c(c3)OCO4)CC2)nc1. The molecular formula is C25H22FN5O5. The summed E-state index contributed by atoms with van der Waals surface area (Å²) in [5.74, 6) is 0.379. The van der Waals surface area contributed by atoms with E-state index in [9.17, 15) is 14.0 Å². The van der Waals surface area contributed by atoms with Crippen LogP contribution in [0.15, 0.2) is 54.9 Å². The molecule has 2 aromatic carbocycles. The molecule has 2 aliphatic rings. The molecule has 0 radical (unpaired) electrons. The fraction of sp³-hybridized carbons (Fsp3) is 0.200. The minimum atomic E-state index is -0.694. The molecule has 0 aliphatic carbocycles. The van der Waals surface area contributed by atoms with Gasteiger partial charge in [0.1, 0.15) is 5.82 Å². The van der Waals surface area contributed by atoms with Crippen molar-refractivity contribution >= 4 is 29.4 Å². The standard InChI is InChI=1S/C25H22FN5O5/c26-19-4-1-16(2-5-19)11-20(17-3-6-21-22(12-17)36-15-35-21)24(33)30-7-9-31(10-8-30)25-27-13-18(14-28-25)23(32)29-34/h1-6,11-14,34H,7-10,15H2,(H,29,32). The Balaban J connectivity index is 1.35. The molecule has 0 bridgehead atoms. The van der Waals surface area contributed by atoms with Gasteiger partial charge in [-0.1, -0.05) is 18.2 Å². The second kappa shape index (κ2) is 10.0. The fourth-order valence-electron chi connectivity index (χ4n) is 4.00. The smallest absolute Gasteiger partial charge is 0.277 e. The van der Waals surface area contributed by atoms with Crippen molar-refractivity contribution in [3.8, 4) is 11.5 Å². The van der Waals surface area contributed by atoms with Crippen LogP contribution in [0.1, 0.15) is 21.5 Å². The lowest BCUT2D eigenvalue weighted by molar-refractivity contribution is -0.125. The zero-order chi connectivity index (χ0) is 25.1. The van der Waals surface area contributed by atoms with Crippen molar-refractivity contribution in [2.24, 2.45) is 0 Å². The molecule has 3 aromatic rings. The van der Waals surface area contributed by atoms with Crippen molar-refractivity contribution in [2.45, 2.75) is 0 Å². The first-order valence-electron chi connectivity index (χ1n) is 11.2. The summed E-state index contributed by atoms with van der Waals surface area (Å²) in [5, 5.41) is 8.73. The Morgan fingerprint density at radius 3 is 2.33 bits per heavy atom. The third-order valence-corrected chi connectivity index (χ3v) is 5.95. The van der Waals surface area contributed by atoms with E-state index in [0.717, 1.165) is 0 Å². The van der Waals surface area contributed by atoms with E-state index < -0.39 is 5.91 Å². The number of halogens is 1. The maximum Gasteiger partial charge on any atom is 0.277 e. The van der Waals surface area contributed by atoms with E-state index in [-0.39, 0.29) is 24.1 Å². The number of benzene rings is 2. The Bertz CT molecular complexity index is 1310. The van der Waals surface area contributed by atoms with Crippen LogP contribution in [-0.2, 0) is 4.79 Å². The summed E-state index contributed by atoms with van der Waals surface area (Å²) in [5.41, 5.74) is 3.48. The summed E-state index contributed by atoms with van der Waals surface area (Å²) in [6.45, 7) is 1.95. The minimum Gasteiger partial charge on any atom is -0.454 e. The second-order valence-corrected chi connectivity index (χ2v) is 8.17. The first-order chi connectivity index (χ1) is 17.5. The molecule has 184 valence electrons. The Labute approximate surface area is 205 Å². The lowest BCUT2D eigenvalue weighted by Gasteiger charge is -2.35. The summed E-state index contributed by atoms with van der Waals surface area (Å²) < 4.78 is 24.3. The predicted molar refractivity (Wildman–Crippen MR) is 127 cm³/mol. The number of anilines is 1. The summed E-state index contributed by atoms with van der Waals surface area (Å²) in [4.78, 5) is 37.2. The van der Waals surface area contributed by atoms with E-state index in [2.05, 4.69) is 9.97 Å². The number of amides is 2. The van der Waals surface area contributed by atoms with E-state index in [4.69, 9.17) is 14.7 Å². The monoisotopic (exact) mass is 491 g/mol. The van der Waals surface area contributed by atoms with Crippen LogP contribution in [0, 0.1) is 5.82 Å². The normalized spacial score (nSPS) is 15.1.